The molecule has 1 saturated heterocycles. The normalized spacial score (nSPS) is 17.0. The predicted octanol–water partition coefficient (Wildman–Crippen LogP) is 2.93. The Morgan fingerprint density at radius 1 is 1.56 bits per heavy atom. The van der Waals surface area contributed by atoms with E-state index in [4.69, 9.17) is 5.73 Å². The average molecular weight is 378 g/mol. The molecule has 1 amide bonds. The van der Waals surface area contributed by atoms with Gasteiger partial charge in [0.2, 0.25) is 0 Å². The van der Waals surface area contributed by atoms with Gasteiger partial charge >= 0.3 is 0 Å². The molecular weight excluding hydrogens is 360 g/mol. The third-order valence-electron chi connectivity index (χ3n) is 4.10. The van der Waals surface area contributed by atoms with E-state index in [9.17, 15) is 14.9 Å². The zero-order chi connectivity index (χ0) is 18.0. The monoisotopic (exact) mass is 378 g/mol. The molecule has 132 valence electrons. The largest absolute Gasteiger partial charge is 0.338 e. The number of nitro groups is 1. The number of hydrogen-bond acceptors (Lipinski definition) is 7. The van der Waals surface area contributed by atoms with E-state index in [-0.39, 0.29) is 11.6 Å². The first kappa shape index (κ1) is 17.8. The van der Waals surface area contributed by atoms with Crippen molar-refractivity contribution in [2.75, 3.05) is 19.6 Å². The zero-order valence-corrected chi connectivity index (χ0v) is 15.3. The Labute approximate surface area is 153 Å². The number of aryl methyl sites for hydroxylation is 1. The molecule has 0 spiro atoms. The van der Waals surface area contributed by atoms with Gasteiger partial charge in [-0.3, -0.25) is 14.9 Å². The summed E-state index contributed by atoms with van der Waals surface area (Å²) in [5, 5.41) is 13.3. The number of carbonyl (C=O) groups is 1. The summed E-state index contributed by atoms with van der Waals surface area (Å²) in [6.45, 7) is 3.68. The summed E-state index contributed by atoms with van der Waals surface area (Å²) in [5.74, 6) is 0.127. The molecule has 1 fully saturated rings. The van der Waals surface area contributed by atoms with Crippen LogP contribution in [0, 0.1) is 23.0 Å². The average Bonchev–Trinajstić information content (AvgIpc) is 3.23. The summed E-state index contributed by atoms with van der Waals surface area (Å²) in [5.41, 5.74) is 6.80. The van der Waals surface area contributed by atoms with Gasteiger partial charge in [-0.25, -0.2) is 4.98 Å². The Bertz CT molecular complexity index is 808. The standard InChI is InChI=1S/C16H18N4O3S2/c1-10-9-24-16(18-10)25-14-3-2-12(6-13(14)20(22)23)15(21)19-5-4-11(7-17)8-19/h2-3,6,9,11H,4-5,7-8,17H2,1H3. The summed E-state index contributed by atoms with van der Waals surface area (Å²) < 4.78 is 0.741. The van der Waals surface area contributed by atoms with Gasteiger partial charge in [-0.05, 0) is 37.9 Å². The summed E-state index contributed by atoms with van der Waals surface area (Å²) in [6, 6.07) is 4.64. The first-order valence-electron chi connectivity index (χ1n) is 7.85. The number of rotatable bonds is 5. The summed E-state index contributed by atoms with van der Waals surface area (Å²) >= 11 is 2.69. The van der Waals surface area contributed by atoms with Gasteiger partial charge in [-0.2, -0.15) is 0 Å². The van der Waals surface area contributed by atoms with Crippen molar-refractivity contribution in [1.82, 2.24) is 9.88 Å². The van der Waals surface area contributed by atoms with Crippen LogP contribution < -0.4 is 5.73 Å². The van der Waals surface area contributed by atoms with Gasteiger partial charge in [-0.15, -0.1) is 11.3 Å². The quantitative estimate of drug-likeness (QED) is 0.634. The molecule has 0 aliphatic carbocycles. The van der Waals surface area contributed by atoms with Crippen LogP contribution in [0.15, 0.2) is 32.8 Å². The van der Waals surface area contributed by atoms with Crippen LogP contribution in [-0.2, 0) is 0 Å². The van der Waals surface area contributed by atoms with Crippen molar-refractivity contribution in [2.24, 2.45) is 11.7 Å². The van der Waals surface area contributed by atoms with E-state index in [0.29, 0.717) is 36.0 Å². The number of hydrogen-bond donors (Lipinski definition) is 1. The van der Waals surface area contributed by atoms with Crippen molar-refractivity contribution < 1.29 is 9.72 Å². The van der Waals surface area contributed by atoms with E-state index in [1.807, 2.05) is 12.3 Å². The Hall–Kier alpha value is -1.97. The molecule has 1 unspecified atom stereocenters. The molecule has 2 heterocycles. The maximum Gasteiger partial charge on any atom is 0.284 e. The Morgan fingerprint density at radius 2 is 2.36 bits per heavy atom. The fourth-order valence-electron chi connectivity index (χ4n) is 2.74. The number of nitro benzene ring substituents is 1. The van der Waals surface area contributed by atoms with E-state index in [2.05, 4.69) is 4.98 Å². The van der Waals surface area contributed by atoms with E-state index in [1.165, 1.54) is 29.2 Å². The Morgan fingerprint density at radius 3 is 2.96 bits per heavy atom. The second-order valence-electron chi connectivity index (χ2n) is 5.94. The van der Waals surface area contributed by atoms with Gasteiger partial charge in [0.25, 0.3) is 11.6 Å². The van der Waals surface area contributed by atoms with Crippen LogP contribution in [-0.4, -0.2) is 40.3 Å². The molecule has 2 aromatic rings. The minimum atomic E-state index is -0.452. The zero-order valence-electron chi connectivity index (χ0n) is 13.7. The van der Waals surface area contributed by atoms with Crippen molar-refractivity contribution in [3.05, 3.63) is 45.0 Å². The fourth-order valence-corrected chi connectivity index (χ4v) is 4.62. The number of aromatic nitrogens is 1. The third-order valence-corrected chi connectivity index (χ3v) is 6.23. The van der Waals surface area contributed by atoms with Gasteiger partial charge in [-0.1, -0.05) is 11.8 Å². The Kier molecular flexibility index (Phi) is 5.36. The molecule has 1 aliphatic rings. The number of nitrogens with two attached hydrogens (primary N) is 1. The second-order valence-corrected chi connectivity index (χ2v) is 8.09. The number of carbonyl (C=O) groups excluding carboxylic acids is 1. The highest BCUT2D eigenvalue weighted by Crippen LogP contribution is 2.37. The first-order valence-corrected chi connectivity index (χ1v) is 9.55. The van der Waals surface area contributed by atoms with Gasteiger partial charge in [0.1, 0.15) is 0 Å². The second kappa shape index (κ2) is 7.51. The topological polar surface area (TPSA) is 102 Å². The van der Waals surface area contributed by atoms with Crippen LogP contribution in [0.4, 0.5) is 5.69 Å². The molecule has 2 N–H and O–H groups in total. The lowest BCUT2D eigenvalue weighted by molar-refractivity contribution is -0.387. The van der Waals surface area contributed by atoms with E-state index >= 15 is 0 Å². The van der Waals surface area contributed by atoms with Crippen molar-refractivity contribution in [3.8, 4) is 0 Å². The lowest BCUT2D eigenvalue weighted by Gasteiger charge is -2.16. The van der Waals surface area contributed by atoms with Crippen LogP contribution in [0.2, 0.25) is 0 Å². The van der Waals surface area contributed by atoms with Crippen molar-refractivity contribution in [2.45, 2.75) is 22.6 Å². The first-order chi connectivity index (χ1) is 12.0. The molecule has 0 radical (unpaired) electrons. The summed E-state index contributed by atoms with van der Waals surface area (Å²) in [4.78, 5) is 30.1. The number of amides is 1. The smallest absolute Gasteiger partial charge is 0.284 e. The predicted molar refractivity (Wildman–Crippen MR) is 97.1 cm³/mol. The maximum atomic E-state index is 12.6. The van der Waals surface area contributed by atoms with Gasteiger partial charge < -0.3 is 10.6 Å². The van der Waals surface area contributed by atoms with Crippen molar-refractivity contribution in [1.29, 1.82) is 0 Å². The van der Waals surface area contributed by atoms with Crippen molar-refractivity contribution in [3.63, 3.8) is 0 Å². The molecule has 0 saturated carbocycles. The molecule has 7 nitrogen and oxygen atoms in total. The highest BCUT2D eigenvalue weighted by Gasteiger charge is 2.27. The Balaban J connectivity index is 1.83. The minimum Gasteiger partial charge on any atom is -0.338 e. The molecule has 0 bridgehead atoms. The molecule has 1 aliphatic heterocycles. The SMILES string of the molecule is Cc1csc(Sc2ccc(C(=O)N3CCC(CN)C3)cc2[N+](=O)[O-])n1. The van der Waals surface area contributed by atoms with Crippen molar-refractivity contribution >= 4 is 34.7 Å². The minimum absolute atomic E-state index is 0.0710. The van der Waals surface area contributed by atoms with Crippen LogP contribution >= 0.6 is 23.1 Å². The van der Waals surface area contributed by atoms with E-state index in [0.717, 1.165) is 16.5 Å². The lowest BCUT2D eigenvalue weighted by atomic mass is 10.1. The molecule has 3 rings (SSSR count). The van der Waals surface area contributed by atoms with Crippen LogP contribution in [0.1, 0.15) is 22.5 Å². The number of thiazole rings is 1. The van der Waals surface area contributed by atoms with E-state index in [1.54, 1.807) is 17.0 Å². The number of benzene rings is 1. The number of nitrogens with zero attached hydrogens (tertiary/aromatic N) is 3. The molecule has 1 aromatic heterocycles. The fraction of sp³-hybridized carbons (Fsp3) is 0.375. The van der Waals surface area contributed by atoms with Gasteiger partial charge in [0, 0.05) is 35.8 Å². The van der Waals surface area contributed by atoms with Crippen LogP contribution in [0.5, 0.6) is 0 Å². The lowest BCUT2D eigenvalue weighted by Crippen LogP contribution is -2.29. The molecule has 9 heteroatoms. The van der Waals surface area contributed by atoms with Crippen LogP contribution in [0.3, 0.4) is 0 Å². The highest BCUT2D eigenvalue weighted by atomic mass is 32.2. The summed E-state index contributed by atoms with van der Waals surface area (Å²) in [7, 11) is 0. The number of likely N-dealkylation sites (tertiary alicyclic amines) is 1. The van der Waals surface area contributed by atoms with Gasteiger partial charge in [0.15, 0.2) is 4.34 Å². The van der Waals surface area contributed by atoms with Crippen LogP contribution in [0.25, 0.3) is 0 Å². The molecule has 1 aromatic carbocycles. The van der Waals surface area contributed by atoms with E-state index < -0.39 is 4.92 Å². The third kappa shape index (κ3) is 4.00. The molecule has 1 atom stereocenters. The molecular formula is C16H18N4O3S2. The summed E-state index contributed by atoms with van der Waals surface area (Å²) in [6.07, 6.45) is 0.877. The molecule has 25 heavy (non-hydrogen) atoms. The maximum absolute atomic E-state index is 12.6. The van der Waals surface area contributed by atoms with Gasteiger partial charge in [0.05, 0.1) is 9.82 Å². The highest BCUT2D eigenvalue weighted by molar-refractivity contribution is 8.01.